The zero-order chi connectivity index (χ0) is 20.5. The van der Waals surface area contributed by atoms with Gasteiger partial charge in [0.1, 0.15) is 0 Å². The topological polar surface area (TPSA) is 77.6 Å². The molecule has 4 rings (SSSR count). The van der Waals surface area contributed by atoms with Crippen LogP contribution >= 0.6 is 0 Å². The monoisotopic (exact) mass is 394 g/mol. The lowest BCUT2D eigenvalue weighted by Gasteiger charge is -2.16. The molecule has 0 unspecified atom stereocenters. The van der Waals surface area contributed by atoms with E-state index in [4.69, 9.17) is 10.1 Å². The van der Waals surface area contributed by atoms with E-state index in [1.54, 1.807) is 6.20 Å². The second-order valence-electron chi connectivity index (χ2n) is 8.00. The van der Waals surface area contributed by atoms with Crippen molar-refractivity contribution in [1.29, 1.82) is 0 Å². The minimum atomic E-state index is -0.131. The van der Waals surface area contributed by atoms with E-state index in [0.29, 0.717) is 11.5 Å². The number of carbonyl (C=O) groups is 1. The number of hydrogen-bond acceptors (Lipinski definition) is 4. The van der Waals surface area contributed by atoms with Crippen molar-refractivity contribution in [1.82, 2.24) is 29.9 Å². The predicted molar refractivity (Wildman–Crippen MR) is 113 cm³/mol. The lowest BCUT2D eigenvalue weighted by molar-refractivity contribution is 0.0939. The Hall–Kier alpha value is -2.70. The molecule has 1 saturated carbocycles. The second-order valence-corrected chi connectivity index (χ2v) is 8.00. The van der Waals surface area contributed by atoms with Crippen LogP contribution in [-0.2, 0) is 13.1 Å². The summed E-state index contributed by atoms with van der Waals surface area (Å²) < 4.78 is 3.89. The highest BCUT2D eigenvalue weighted by Crippen LogP contribution is 2.40. The Morgan fingerprint density at radius 3 is 2.79 bits per heavy atom. The van der Waals surface area contributed by atoms with Gasteiger partial charge in [0.25, 0.3) is 5.91 Å². The third-order valence-corrected chi connectivity index (χ3v) is 5.70. The predicted octanol–water partition coefficient (Wildman–Crippen LogP) is 4.12. The van der Waals surface area contributed by atoms with Crippen LogP contribution in [0.5, 0.6) is 0 Å². The maximum absolute atomic E-state index is 13.3. The number of carbonyl (C=O) groups excluding carboxylic acids is 1. The molecule has 3 heterocycles. The molecule has 29 heavy (non-hydrogen) atoms. The Morgan fingerprint density at radius 2 is 2.10 bits per heavy atom. The molecular formula is C22H30N6O. The Kier molecular flexibility index (Phi) is 5.39. The van der Waals surface area contributed by atoms with E-state index >= 15 is 0 Å². The zero-order valence-corrected chi connectivity index (χ0v) is 17.8. The number of pyridine rings is 1. The van der Waals surface area contributed by atoms with Gasteiger partial charge >= 0.3 is 0 Å². The van der Waals surface area contributed by atoms with Crippen molar-refractivity contribution in [3.05, 3.63) is 41.0 Å². The highest BCUT2D eigenvalue weighted by Gasteiger charge is 2.29. The standard InChI is InChI=1S/C22H30N6O/c1-5-7-12-28-21-20(15(4)26-28)17(13-18(25-21)16-8-9-16)22(29)24-14(3)19-10-11-23-27(19)6-2/h10-11,13-14,16H,5-9,12H2,1-4H3,(H,24,29)/t14-/m1/s1. The Labute approximate surface area is 171 Å². The van der Waals surface area contributed by atoms with Gasteiger partial charge in [0.15, 0.2) is 5.65 Å². The van der Waals surface area contributed by atoms with Crippen LogP contribution in [0, 0.1) is 6.92 Å². The summed E-state index contributed by atoms with van der Waals surface area (Å²) in [6.45, 7) is 9.79. The van der Waals surface area contributed by atoms with Crippen LogP contribution in [0.15, 0.2) is 18.3 Å². The second kappa shape index (κ2) is 7.97. The van der Waals surface area contributed by atoms with Gasteiger partial charge in [-0.15, -0.1) is 0 Å². The maximum Gasteiger partial charge on any atom is 0.252 e. The minimum absolute atomic E-state index is 0.0752. The first-order chi connectivity index (χ1) is 14.0. The fourth-order valence-electron chi connectivity index (χ4n) is 3.93. The number of aromatic nitrogens is 5. The summed E-state index contributed by atoms with van der Waals surface area (Å²) in [5, 5.41) is 13.1. The van der Waals surface area contributed by atoms with Crippen molar-refractivity contribution >= 4 is 16.9 Å². The van der Waals surface area contributed by atoms with E-state index in [2.05, 4.69) is 17.3 Å². The molecule has 0 bridgehead atoms. The van der Waals surface area contributed by atoms with Gasteiger partial charge < -0.3 is 5.32 Å². The molecule has 0 saturated heterocycles. The smallest absolute Gasteiger partial charge is 0.252 e. The maximum atomic E-state index is 13.3. The van der Waals surface area contributed by atoms with Gasteiger partial charge in [-0.25, -0.2) is 9.67 Å². The number of fused-ring (bicyclic) bond motifs is 1. The van der Waals surface area contributed by atoms with E-state index in [1.807, 2.05) is 42.3 Å². The molecule has 0 spiro atoms. The molecule has 1 fully saturated rings. The molecular weight excluding hydrogens is 364 g/mol. The lowest BCUT2D eigenvalue weighted by Crippen LogP contribution is -2.28. The number of hydrogen-bond donors (Lipinski definition) is 1. The van der Waals surface area contributed by atoms with Crippen molar-refractivity contribution in [2.75, 3.05) is 0 Å². The lowest BCUT2D eigenvalue weighted by atomic mass is 10.1. The normalized spacial score (nSPS) is 15.0. The molecule has 0 aliphatic heterocycles. The van der Waals surface area contributed by atoms with Gasteiger partial charge in [-0.2, -0.15) is 10.2 Å². The van der Waals surface area contributed by atoms with Gasteiger partial charge in [0.2, 0.25) is 0 Å². The molecule has 1 atom stereocenters. The summed E-state index contributed by atoms with van der Waals surface area (Å²) in [4.78, 5) is 18.2. The van der Waals surface area contributed by atoms with Crippen LogP contribution in [0.4, 0.5) is 0 Å². The number of amides is 1. The van der Waals surface area contributed by atoms with E-state index in [9.17, 15) is 4.79 Å². The van der Waals surface area contributed by atoms with Crippen LogP contribution in [0.25, 0.3) is 11.0 Å². The van der Waals surface area contributed by atoms with E-state index < -0.39 is 0 Å². The third-order valence-electron chi connectivity index (χ3n) is 5.70. The molecule has 7 heteroatoms. The molecule has 3 aromatic rings. The summed E-state index contributed by atoms with van der Waals surface area (Å²) in [6.07, 6.45) is 6.21. The summed E-state index contributed by atoms with van der Waals surface area (Å²) in [7, 11) is 0. The number of nitrogens with one attached hydrogen (secondary N) is 1. The first-order valence-electron chi connectivity index (χ1n) is 10.7. The summed E-state index contributed by atoms with van der Waals surface area (Å²) in [5.41, 5.74) is 4.42. The minimum Gasteiger partial charge on any atom is -0.344 e. The van der Waals surface area contributed by atoms with Crippen LogP contribution in [0.3, 0.4) is 0 Å². The van der Waals surface area contributed by atoms with Crippen molar-refractivity contribution in [2.24, 2.45) is 0 Å². The Bertz CT molecular complexity index is 1030. The van der Waals surface area contributed by atoms with Crippen LogP contribution in [0.1, 0.15) is 85.9 Å². The van der Waals surface area contributed by atoms with Crippen molar-refractivity contribution in [3.8, 4) is 0 Å². The molecule has 3 aromatic heterocycles. The van der Waals surface area contributed by atoms with E-state index in [0.717, 1.165) is 66.9 Å². The molecule has 1 aliphatic carbocycles. The number of rotatable bonds is 8. The summed E-state index contributed by atoms with van der Waals surface area (Å²) in [5.74, 6) is 0.397. The molecule has 1 amide bonds. The van der Waals surface area contributed by atoms with Gasteiger partial charge in [-0.1, -0.05) is 13.3 Å². The quantitative estimate of drug-likeness (QED) is 0.623. The van der Waals surface area contributed by atoms with E-state index in [1.165, 1.54) is 0 Å². The highest BCUT2D eigenvalue weighted by atomic mass is 16.1. The Morgan fingerprint density at radius 1 is 1.31 bits per heavy atom. The van der Waals surface area contributed by atoms with Crippen LogP contribution < -0.4 is 5.32 Å². The first kappa shape index (κ1) is 19.6. The highest BCUT2D eigenvalue weighted by molar-refractivity contribution is 6.06. The average Bonchev–Trinajstić information content (AvgIpc) is 3.37. The Balaban J connectivity index is 1.71. The third kappa shape index (κ3) is 3.78. The number of aryl methyl sites for hydroxylation is 3. The number of unbranched alkanes of at least 4 members (excludes halogenated alkanes) is 1. The molecule has 1 aliphatic rings. The van der Waals surface area contributed by atoms with Crippen molar-refractivity contribution in [2.45, 2.75) is 78.4 Å². The fourth-order valence-corrected chi connectivity index (χ4v) is 3.93. The zero-order valence-electron chi connectivity index (χ0n) is 17.8. The summed E-state index contributed by atoms with van der Waals surface area (Å²) in [6, 6.07) is 3.81. The molecule has 7 nitrogen and oxygen atoms in total. The molecule has 0 aromatic carbocycles. The summed E-state index contributed by atoms with van der Waals surface area (Å²) >= 11 is 0. The van der Waals surface area contributed by atoms with Crippen molar-refractivity contribution < 1.29 is 4.79 Å². The first-order valence-corrected chi connectivity index (χ1v) is 10.7. The van der Waals surface area contributed by atoms with Gasteiger partial charge in [0, 0.05) is 30.9 Å². The van der Waals surface area contributed by atoms with E-state index in [-0.39, 0.29) is 11.9 Å². The average molecular weight is 395 g/mol. The van der Waals surface area contributed by atoms with Gasteiger partial charge in [-0.05, 0) is 52.2 Å². The SMILES string of the molecule is CCCCn1nc(C)c2c(C(=O)N[C@H](C)c3ccnn3CC)cc(C3CC3)nc21. The van der Waals surface area contributed by atoms with Crippen molar-refractivity contribution in [3.63, 3.8) is 0 Å². The molecule has 0 radical (unpaired) electrons. The molecule has 154 valence electrons. The number of nitrogens with zero attached hydrogens (tertiary/aromatic N) is 5. The van der Waals surface area contributed by atoms with Crippen LogP contribution in [0.2, 0.25) is 0 Å². The van der Waals surface area contributed by atoms with Gasteiger partial charge in [0.05, 0.1) is 28.4 Å². The molecule has 1 N–H and O–H groups in total. The largest absolute Gasteiger partial charge is 0.344 e. The van der Waals surface area contributed by atoms with Crippen LogP contribution in [-0.4, -0.2) is 30.5 Å². The van der Waals surface area contributed by atoms with Gasteiger partial charge in [-0.3, -0.25) is 9.48 Å². The fraction of sp³-hybridized carbons (Fsp3) is 0.545.